The van der Waals surface area contributed by atoms with E-state index < -0.39 is 0 Å². The van der Waals surface area contributed by atoms with Gasteiger partial charge in [0.25, 0.3) is 0 Å². The summed E-state index contributed by atoms with van der Waals surface area (Å²) in [7, 11) is 0. The lowest BCUT2D eigenvalue weighted by Crippen LogP contribution is -2.47. The average molecular weight is 258 g/mol. The van der Waals surface area contributed by atoms with Crippen LogP contribution in [0.4, 0.5) is 5.69 Å². The topological polar surface area (TPSA) is 15.3 Å². The zero-order valence-electron chi connectivity index (χ0n) is 12.4. The van der Waals surface area contributed by atoms with Gasteiger partial charge in [0.1, 0.15) is 0 Å². The Morgan fingerprint density at radius 3 is 2.63 bits per heavy atom. The number of nitrogens with zero attached hydrogens (tertiary/aromatic N) is 1. The van der Waals surface area contributed by atoms with Gasteiger partial charge in [-0.05, 0) is 35.8 Å². The highest BCUT2D eigenvalue weighted by Crippen LogP contribution is 2.34. The molecule has 1 aromatic carbocycles. The molecular formula is C17H26N2. The molecule has 1 aliphatic heterocycles. The van der Waals surface area contributed by atoms with Crippen LogP contribution < -0.4 is 10.2 Å². The SMILES string of the molecule is CC(C)(C)C1CN(CC2CC2)c2ccccc2CN1. The van der Waals surface area contributed by atoms with E-state index in [1.54, 1.807) is 0 Å². The second kappa shape index (κ2) is 4.82. The van der Waals surface area contributed by atoms with E-state index in [-0.39, 0.29) is 0 Å². The lowest BCUT2D eigenvalue weighted by Gasteiger charge is -2.35. The first kappa shape index (κ1) is 13.0. The molecule has 0 spiro atoms. The quantitative estimate of drug-likeness (QED) is 0.874. The van der Waals surface area contributed by atoms with Crippen molar-refractivity contribution in [2.24, 2.45) is 11.3 Å². The Morgan fingerprint density at radius 1 is 1.21 bits per heavy atom. The van der Waals surface area contributed by atoms with Crippen molar-refractivity contribution >= 4 is 5.69 Å². The van der Waals surface area contributed by atoms with Gasteiger partial charge in [0.05, 0.1) is 0 Å². The van der Waals surface area contributed by atoms with Crippen LogP contribution in [0.2, 0.25) is 0 Å². The minimum Gasteiger partial charge on any atom is -0.369 e. The highest BCUT2D eigenvalue weighted by atomic mass is 15.2. The predicted octanol–water partition coefficient (Wildman–Crippen LogP) is 3.42. The zero-order chi connectivity index (χ0) is 13.5. The highest BCUT2D eigenvalue weighted by molar-refractivity contribution is 5.55. The normalized spacial score (nSPS) is 23.9. The summed E-state index contributed by atoms with van der Waals surface area (Å²) < 4.78 is 0. The summed E-state index contributed by atoms with van der Waals surface area (Å²) in [4.78, 5) is 2.63. The standard InChI is InChI=1S/C17H26N2/c1-17(2,3)16-12-19(11-13-8-9-13)15-7-5-4-6-14(15)10-18-16/h4-7,13,16,18H,8-12H2,1-3H3. The van der Waals surface area contributed by atoms with E-state index in [2.05, 4.69) is 55.3 Å². The summed E-state index contributed by atoms with van der Waals surface area (Å²) in [5, 5.41) is 3.76. The summed E-state index contributed by atoms with van der Waals surface area (Å²) in [5.74, 6) is 0.937. The number of hydrogen-bond donors (Lipinski definition) is 1. The molecule has 2 nitrogen and oxygen atoms in total. The van der Waals surface area contributed by atoms with Gasteiger partial charge in [0.15, 0.2) is 0 Å². The molecule has 0 bridgehead atoms. The van der Waals surface area contributed by atoms with E-state index in [1.165, 1.54) is 30.6 Å². The van der Waals surface area contributed by atoms with Crippen LogP contribution in [0.25, 0.3) is 0 Å². The van der Waals surface area contributed by atoms with Gasteiger partial charge in [-0.15, -0.1) is 0 Å². The van der Waals surface area contributed by atoms with E-state index in [0.717, 1.165) is 19.0 Å². The minimum atomic E-state index is 0.309. The first-order valence-electron chi connectivity index (χ1n) is 7.60. The largest absolute Gasteiger partial charge is 0.369 e. The van der Waals surface area contributed by atoms with Gasteiger partial charge in [0.2, 0.25) is 0 Å². The summed E-state index contributed by atoms with van der Waals surface area (Å²) in [6.45, 7) is 10.4. The molecule has 0 amide bonds. The molecule has 1 aromatic rings. The lowest BCUT2D eigenvalue weighted by atomic mass is 9.86. The first-order valence-corrected chi connectivity index (χ1v) is 7.60. The summed E-state index contributed by atoms with van der Waals surface area (Å²) in [6, 6.07) is 9.46. The predicted molar refractivity (Wildman–Crippen MR) is 81.5 cm³/mol. The molecule has 0 aromatic heterocycles. The Bertz CT molecular complexity index is 443. The maximum Gasteiger partial charge on any atom is 0.0412 e. The van der Waals surface area contributed by atoms with Crippen LogP contribution in [-0.2, 0) is 6.54 Å². The van der Waals surface area contributed by atoms with Gasteiger partial charge >= 0.3 is 0 Å². The van der Waals surface area contributed by atoms with Gasteiger partial charge in [-0.2, -0.15) is 0 Å². The molecule has 1 aliphatic carbocycles. The van der Waals surface area contributed by atoms with E-state index in [1.807, 2.05) is 0 Å². The molecule has 1 unspecified atom stereocenters. The third kappa shape index (κ3) is 2.94. The molecule has 3 rings (SSSR count). The maximum atomic E-state index is 3.76. The summed E-state index contributed by atoms with van der Waals surface area (Å²) in [5.41, 5.74) is 3.22. The Balaban J connectivity index is 1.87. The molecule has 1 N–H and O–H groups in total. The number of rotatable bonds is 2. The zero-order valence-corrected chi connectivity index (χ0v) is 12.4. The Kier molecular flexibility index (Phi) is 3.30. The van der Waals surface area contributed by atoms with E-state index >= 15 is 0 Å². The van der Waals surface area contributed by atoms with Crippen LogP contribution in [0.1, 0.15) is 39.2 Å². The third-order valence-electron chi connectivity index (χ3n) is 4.50. The van der Waals surface area contributed by atoms with Crippen LogP contribution in [-0.4, -0.2) is 19.1 Å². The van der Waals surface area contributed by atoms with Gasteiger partial charge in [-0.1, -0.05) is 39.0 Å². The van der Waals surface area contributed by atoms with Crippen LogP contribution in [0, 0.1) is 11.3 Å². The maximum absolute atomic E-state index is 3.76. The van der Waals surface area contributed by atoms with Crippen LogP contribution in [0.15, 0.2) is 24.3 Å². The molecule has 0 radical (unpaired) electrons. The molecule has 1 heterocycles. The van der Waals surface area contributed by atoms with Gasteiger partial charge in [-0.25, -0.2) is 0 Å². The fourth-order valence-corrected chi connectivity index (χ4v) is 2.95. The van der Waals surface area contributed by atoms with Crippen molar-refractivity contribution in [2.45, 2.75) is 46.2 Å². The molecule has 1 atom stereocenters. The second-order valence-corrected chi connectivity index (χ2v) is 7.28. The fraction of sp³-hybridized carbons (Fsp3) is 0.647. The highest BCUT2D eigenvalue weighted by Gasteiger charge is 2.32. The average Bonchev–Trinajstić information content (AvgIpc) is 3.16. The van der Waals surface area contributed by atoms with Crippen molar-refractivity contribution in [2.75, 3.05) is 18.0 Å². The van der Waals surface area contributed by atoms with Crippen molar-refractivity contribution in [3.8, 4) is 0 Å². The Hall–Kier alpha value is -1.02. The molecule has 2 aliphatic rings. The molecule has 19 heavy (non-hydrogen) atoms. The first-order chi connectivity index (χ1) is 9.04. The molecule has 0 saturated heterocycles. The lowest BCUT2D eigenvalue weighted by molar-refractivity contribution is 0.271. The van der Waals surface area contributed by atoms with E-state index in [9.17, 15) is 0 Å². The summed E-state index contributed by atoms with van der Waals surface area (Å²) >= 11 is 0. The number of benzene rings is 1. The van der Waals surface area contributed by atoms with E-state index in [0.29, 0.717) is 11.5 Å². The van der Waals surface area contributed by atoms with Crippen molar-refractivity contribution in [1.82, 2.24) is 5.32 Å². The van der Waals surface area contributed by atoms with Gasteiger partial charge < -0.3 is 10.2 Å². The Labute approximate surface area is 117 Å². The number of hydrogen-bond acceptors (Lipinski definition) is 2. The summed E-state index contributed by atoms with van der Waals surface area (Å²) in [6.07, 6.45) is 2.85. The van der Waals surface area contributed by atoms with Crippen LogP contribution >= 0.6 is 0 Å². The van der Waals surface area contributed by atoms with Crippen molar-refractivity contribution in [1.29, 1.82) is 0 Å². The molecule has 1 fully saturated rings. The Morgan fingerprint density at radius 2 is 1.95 bits per heavy atom. The van der Waals surface area contributed by atoms with Gasteiger partial charge in [-0.3, -0.25) is 0 Å². The number of fused-ring (bicyclic) bond motifs is 1. The number of anilines is 1. The van der Waals surface area contributed by atoms with Crippen LogP contribution in [0.5, 0.6) is 0 Å². The third-order valence-corrected chi connectivity index (χ3v) is 4.50. The second-order valence-electron chi connectivity index (χ2n) is 7.28. The monoisotopic (exact) mass is 258 g/mol. The molecular weight excluding hydrogens is 232 g/mol. The number of para-hydroxylation sites is 1. The van der Waals surface area contributed by atoms with Crippen molar-refractivity contribution < 1.29 is 0 Å². The minimum absolute atomic E-state index is 0.309. The molecule has 1 saturated carbocycles. The van der Waals surface area contributed by atoms with Crippen LogP contribution in [0.3, 0.4) is 0 Å². The fourth-order valence-electron chi connectivity index (χ4n) is 2.95. The van der Waals surface area contributed by atoms with Gasteiger partial charge in [0, 0.05) is 31.4 Å². The van der Waals surface area contributed by atoms with Crippen molar-refractivity contribution in [3.05, 3.63) is 29.8 Å². The smallest absolute Gasteiger partial charge is 0.0412 e. The molecule has 2 heteroatoms. The van der Waals surface area contributed by atoms with E-state index in [4.69, 9.17) is 0 Å². The van der Waals surface area contributed by atoms with Crippen molar-refractivity contribution in [3.63, 3.8) is 0 Å². The number of nitrogens with one attached hydrogen (secondary N) is 1. The molecule has 104 valence electrons.